The van der Waals surface area contributed by atoms with Crippen molar-refractivity contribution in [1.82, 2.24) is 4.57 Å². The topological polar surface area (TPSA) is 81.0 Å². The largest absolute Gasteiger partial charge is 0.464 e. The van der Waals surface area contributed by atoms with Crippen LogP contribution >= 0.6 is 23.4 Å². The first-order valence-corrected chi connectivity index (χ1v) is 7.42. The Morgan fingerprint density at radius 3 is 2.67 bits per heavy atom. The number of hydrogen-bond donors (Lipinski definition) is 1. The molecule has 0 bridgehead atoms. The van der Waals surface area contributed by atoms with Crippen LogP contribution in [0.15, 0.2) is 29.3 Å². The van der Waals surface area contributed by atoms with E-state index in [9.17, 15) is 18.0 Å². The molecule has 0 amide bonds. The Balaban J connectivity index is 2.66. The normalized spacial score (nSPS) is 11.2. The maximum Gasteiger partial charge on any atom is 0.446 e. The van der Waals surface area contributed by atoms with Crippen LogP contribution in [0.2, 0.25) is 5.02 Å². The van der Waals surface area contributed by atoms with Crippen LogP contribution in [0.4, 0.5) is 18.9 Å². The average Bonchev–Trinajstić information content (AvgIpc) is 2.83. The number of methoxy groups -OCH3 is 1. The smallest absolute Gasteiger partial charge is 0.446 e. The van der Waals surface area contributed by atoms with E-state index in [1.54, 1.807) is 6.07 Å². The molecular formula is C14H9ClF3N3O2S. The van der Waals surface area contributed by atoms with Crippen molar-refractivity contribution in [3.05, 3.63) is 40.7 Å². The van der Waals surface area contributed by atoms with E-state index >= 15 is 0 Å². The number of esters is 1. The number of carbonyl (C=O) groups is 1. The van der Waals surface area contributed by atoms with Crippen LogP contribution in [0.3, 0.4) is 0 Å². The van der Waals surface area contributed by atoms with E-state index in [-0.39, 0.29) is 44.3 Å². The fourth-order valence-corrected chi connectivity index (χ4v) is 2.76. The zero-order chi connectivity index (χ0) is 18.1. The summed E-state index contributed by atoms with van der Waals surface area (Å²) >= 11 is 5.71. The molecule has 10 heteroatoms. The van der Waals surface area contributed by atoms with Gasteiger partial charge >= 0.3 is 11.5 Å². The van der Waals surface area contributed by atoms with Crippen LogP contribution in [-0.2, 0) is 4.74 Å². The standard InChI is InChI=1S/C14H9ClF3N3O2S/c1-23-13(22)12-11(20)7(5-19)6-21(12)10-4-8(2-3-9(10)15)24-14(16,17)18/h2-4,6H,20H2,1H3. The Morgan fingerprint density at radius 1 is 1.46 bits per heavy atom. The van der Waals surface area contributed by atoms with E-state index in [1.807, 2.05) is 0 Å². The molecular weight excluding hydrogens is 367 g/mol. The number of nitriles is 1. The summed E-state index contributed by atoms with van der Waals surface area (Å²) in [6.07, 6.45) is 1.21. The highest BCUT2D eigenvalue weighted by Gasteiger charge is 2.30. The Labute approximate surface area is 143 Å². The Morgan fingerprint density at radius 2 is 2.12 bits per heavy atom. The van der Waals surface area contributed by atoms with Crippen molar-refractivity contribution in [2.75, 3.05) is 12.8 Å². The van der Waals surface area contributed by atoms with Crippen LogP contribution in [0.25, 0.3) is 5.69 Å². The van der Waals surface area contributed by atoms with E-state index in [0.717, 1.165) is 17.7 Å². The molecule has 0 aliphatic rings. The third-order valence-electron chi connectivity index (χ3n) is 2.95. The van der Waals surface area contributed by atoms with Gasteiger partial charge in [0.1, 0.15) is 6.07 Å². The molecule has 0 aliphatic heterocycles. The molecule has 2 rings (SSSR count). The van der Waals surface area contributed by atoms with Gasteiger partial charge < -0.3 is 15.0 Å². The number of hydrogen-bond acceptors (Lipinski definition) is 5. The van der Waals surface area contributed by atoms with Crippen molar-refractivity contribution in [3.63, 3.8) is 0 Å². The summed E-state index contributed by atoms with van der Waals surface area (Å²) in [5.74, 6) is -0.848. The van der Waals surface area contributed by atoms with E-state index in [0.29, 0.717) is 0 Å². The second-order valence-electron chi connectivity index (χ2n) is 4.44. The fourth-order valence-electron chi connectivity index (χ4n) is 1.98. The molecule has 2 N–H and O–H groups in total. The molecule has 0 saturated heterocycles. The molecule has 1 aromatic carbocycles. The van der Waals surface area contributed by atoms with E-state index in [2.05, 4.69) is 4.74 Å². The highest BCUT2D eigenvalue weighted by atomic mass is 35.5. The van der Waals surface area contributed by atoms with Gasteiger partial charge in [-0.2, -0.15) is 18.4 Å². The number of benzene rings is 1. The van der Waals surface area contributed by atoms with Crippen molar-refractivity contribution < 1.29 is 22.7 Å². The molecule has 0 spiro atoms. The molecule has 0 unspecified atom stereocenters. The molecule has 1 aromatic heterocycles. The first-order valence-electron chi connectivity index (χ1n) is 6.23. The second-order valence-corrected chi connectivity index (χ2v) is 5.99. The SMILES string of the molecule is COC(=O)c1c(N)c(C#N)cn1-c1cc(SC(F)(F)F)ccc1Cl. The van der Waals surface area contributed by atoms with Crippen molar-refractivity contribution in [1.29, 1.82) is 5.26 Å². The van der Waals surface area contributed by atoms with Gasteiger partial charge in [-0.25, -0.2) is 4.79 Å². The minimum Gasteiger partial charge on any atom is -0.464 e. The zero-order valence-corrected chi connectivity index (χ0v) is 13.6. The first-order chi connectivity index (χ1) is 11.2. The number of aromatic nitrogens is 1. The molecule has 5 nitrogen and oxygen atoms in total. The van der Waals surface area contributed by atoms with Gasteiger partial charge in [0, 0.05) is 11.1 Å². The third-order valence-corrected chi connectivity index (χ3v) is 4.00. The summed E-state index contributed by atoms with van der Waals surface area (Å²) < 4.78 is 43.4. The quantitative estimate of drug-likeness (QED) is 0.648. The van der Waals surface area contributed by atoms with Gasteiger partial charge in [0.05, 0.1) is 29.1 Å². The molecule has 2 aromatic rings. The van der Waals surface area contributed by atoms with Crippen LogP contribution in [0.5, 0.6) is 0 Å². The molecule has 1 heterocycles. The average molecular weight is 376 g/mol. The second kappa shape index (κ2) is 6.67. The molecule has 24 heavy (non-hydrogen) atoms. The van der Waals surface area contributed by atoms with Gasteiger partial charge in [-0.15, -0.1) is 0 Å². The number of carbonyl (C=O) groups excluding carboxylic acids is 1. The van der Waals surface area contributed by atoms with Crippen LogP contribution in [0.1, 0.15) is 16.1 Å². The van der Waals surface area contributed by atoms with Crippen LogP contribution in [-0.4, -0.2) is 23.2 Å². The molecule has 0 saturated carbocycles. The number of nitrogens with two attached hydrogens (primary N) is 1. The Hall–Kier alpha value is -2.31. The van der Waals surface area contributed by atoms with Gasteiger partial charge in [-0.1, -0.05) is 11.6 Å². The van der Waals surface area contributed by atoms with Gasteiger partial charge in [-0.05, 0) is 30.0 Å². The van der Waals surface area contributed by atoms with Crippen molar-refractivity contribution in [2.24, 2.45) is 0 Å². The van der Waals surface area contributed by atoms with Crippen LogP contribution in [0, 0.1) is 11.3 Å². The highest BCUT2D eigenvalue weighted by molar-refractivity contribution is 8.00. The number of halogens is 4. The molecule has 126 valence electrons. The summed E-state index contributed by atoms with van der Waals surface area (Å²) in [4.78, 5) is 11.8. The van der Waals surface area contributed by atoms with E-state index < -0.39 is 11.5 Å². The van der Waals surface area contributed by atoms with Gasteiger partial charge in [0.2, 0.25) is 0 Å². The molecule has 0 radical (unpaired) electrons. The van der Waals surface area contributed by atoms with Crippen LogP contribution < -0.4 is 5.73 Å². The summed E-state index contributed by atoms with van der Waals surface area (Å²) in [6.45, 7) is 0. The minimum absolute atomic E-state index is 0.0275. The first kappa shape index (κ1) is 18.0. The summed E-state index contributed by atoms with van der Waals surface area (Å²) in [6, 6.07) is 5.39. The number of nitrogen functional groups attached to an aromatic ring is 1. The van der Waals surface area contributed by atoms with Gasteiger partial charge in [0.25, 0.3) is 0 Å². The monoisotopic (exact) mass is 375 g/mol. The van der Waals surface area contributed by atoms with Gasteiger partial charge in [-0.3, -0.25) is 0 Å². The Kier molecular flexibility index (Phi) is 5.01. The van der Waals surface area contributed by atoms with Crippen molar-refractivity contribution in [2.45, 2.75) is 10.4 Å². The summed E-state index contributed by atoms with van der Waals surface area (Å²) in [5.41, 5.74) is 0.971. The van der Waals surface area contributed by atoms with Gasteiger partial charge in [0.15, 0.2) is 5.69 Å². The lowest BCUT2D eigenvalue weighted by Crippen LogP contribution is -2.11. The zero-order valence-electron chi connectivity index (χ0n) is 12.0. The number of nitrogens with zero attached hydrogens (tertiary/aromatic N) is 2. The lowest BCUT2D eigenvalue weighted by molar-refractivity contribution is -0.0328. The number of anilines is 1. The lowest BCUT2D eigenvalue weighted by atomic mass is 10.2. The molecule has 0 fully saturated rings. The minimum atomic E-state index is -4.48. The number of thioether (sulfide) groups is 1. The lowest BCUT2D eigenvalue weighted by Gasteiger charge is -2.12. The number of rotatable bonds is 3. The Bertz CT molecular complexity index is 843. The van der Waals surface area contributed by atoms with Crippen molar-refractivity contribution >= 4 is 35.0 Å². The van der Waals surface area contributed by atoms with E-state index in [1.165, 1.54) is 18.3 Å². The van der Waals surface area contributed by atoms with E-state index in [4.69, 9.17) is 22.6 Å². The summed E-state index contributed by atoms with van der Waals surface area (Å²) in [5, 5.41) is 9.13. The predicted octanol–water partition coefficient (Wildman–Crippen LogP) is 3.98. The third kappa shape index (κ3) is 3.60. The predicted molar refractivity (Wildman–Crippen MR) is 83.2 cm³/mol. The number of ether oxygens (including phenoxy) is 1. The number of alkyl halides is 3. The maximum absolute atomic E-state index is 12.5. The highest BCUT2D eigenvalue weighted by Crippen LogP contribution is 2.39. The van der Waals surface area contributed by atoms with Crippen molar-refractivity contribution in [3.8, 4) is 11.8 Å². The molecule has 0 aliphatic carbocycles. The maximum atomic E-state index is 12.5. The molecule has 0 atom stereocenters. The summed E-state index contributed by atoms with van der Waals surface area (Å²) in [7, 11) is 1.11. The fraction of sp³-hybridized carbons (Fsp3) is 0.143.